The van der Waals surface area contributed by atoms with E-state index in [1.54, 1.807) is 49.4 Å². The molecule has 0 radical (unpaired) electrons. The molecule has 6 heteroatoms. The van der Waals surface area contributed by atoms with Crippen LogP contribution in [-0.2, 0) is 4.79 Å². The highest BCUT2D eigenvalue weighted by Crippen LogP contribution is 2.18. The molecule has 0 aromatic heterocycles. The molecule has 1 unspecified atom stereocenters. The highest BCUT2D eigenvalue weighted by atomic mass is 16.5. The Hall–Kier alpha value is -3.15. The number of rotatable bonds is 7. The van der Waals surface area contributed by atoms with Crippen molar-refractivity contribution in [1.29, 1.82) is 0 Å². The number of ether oxygens (including phenoxy) is 1. The molecule has 0 bridgehead atoms. The summed E-state index contributed by atoms with van der Waals surface area (Å²) in [6, 6.07) is 11.9. The standard InChI is InChI=1S/C22H26N2O4/c1-13(2)23-22(27)20-12-18(10-9-14(20)3)24-21(26)16(5)28-19-8-6-7-17(11-19)15(4)25/h6-13,16H,1-5H3,(H,23,27)(H,24,26). The molecule has 0 aliphatic heterocycles. The van der Waals surface area contributed by atoms with E-state index >= 15 is 0 Å². The normalized spacial score (nSPS) is 11.6. The Morgan fingerprint density at radius 3 is 2.36 bits per heavy atom. The Labute approximate surface area is 165 Å². The molecule has 0 saturated carbocycles. The van der Waals surface area contributed by atoms with Crippen LogP contribution in [0.25, 0.3) is 0 Å². The first kappa shape index (κ1) is 21.2. The maximum absolute atomic E-state index is 12.5. The summed E-state index contributed by atoms with van der Waals surface area (Å²) in [4.78, 5) is 36.2. The average Bonchev–Trinajstić information content (AvgIpc) is 2.62. The number of ketones is 1. The molecule has 0 saturated heterocycles. The largest absolute Gasteiger partial charge is 0.481 e. The molecule has 2 amide bonds. The minimum atomic E-state index is -0.781. The fourth-order valence-electron chi connectivity index (χ4n) is 2.57. The van der Waals surface area contributed by atoms with Gasteiger partial charge in [-0.1, -0.05) is 18.2 Å². The predicted octanol–water partition coefficient (Wildman–Crippen LogP) is 3.74. The van der Waals surface area contributed by atoms with Gasteiger partial charge in [0.15, 0.2) is 11.9 Å². The third-order valence-corrected chi connectivity index (χ3v) is 4.09. The van der Waals surface area contributed by atoms with E-state index in [1.165, 1.54) is 6.92 Å². The first-order valence-corrected chi connectivity index (χ1v) is 9.17. The molecule has 2 N–H and O–H groups in total. The maximum atomic E-state index is 12.5. The van der Waals surface area contributed by atoms with Crippen molar-refractivity contribution in [2.45, 2.75) is 46.8 Å². The number of hydrogen-bond acceptors (Lipinski definition) is 4. The summed E-state index contributed by atoms with van der Waals surface area (Å²) in [6.07, 6.45) is -0.781. The van der Waals surface area contributed by atoms with Crippen LogP contribution in [0.2, 0.25) is 0 Å². The van der Waals surface area contributed by atoms with E-state index in [4.69, 9.17) is 4.74 Å². The summed E-state index contributed by atoms with van der Waals surface area (Å²) in [6.45, 7) is 8.71. The zero-order chi connectivity index (χ0) is 20.8. The highest BCUT2D eigenvalue weighted by Gasteiger charge is 2.17. The molecular formula is C22H26N2O4. The van der Waals surface area contributed by atoms with Crippen LogP contribution in [-0.4, -0.2) is 29.7 Å². The van der Waals surface area contributed by atoms with Gasteiger partial charge in [-0.3, -0.25) is 14.4 Å². The van der Waals surface area contributed by atoms with E-state index in [2.05, 4.69) is 10.6 Å². The van der Waals surface area contributed by atoms with Crippen molar-refractivity contribution in [2.24, 2.45) is 0 Å². The number of aryl methyl sites for hydroxylation is 1. The van der Waals surface area contributed by atoms with Gasteiger partial charge in [0.2, 0.25) is 0 Å². The zero-order valence-corrected chi connectivity index (χ0v) is 16.8. The second-order valence-electron chi connectivity index (χ2n) is 6.99. The lowest BCUT2D eigenvalue weighted by atomic mass is 10.1. The van der Waals surface area contributed by atoms with Crippen molar-refractivity contribution < 1.29 is 19.1 Å². The molecule has 2 aromatic rings. The summed E-state index contributed by atoms with van der Waals surface area (Å²) in [5.74, 6) is -0.174. The maximum Gasteiger partial charge on any atom is 0.265 e. The Morgan fingerprint density at radius 1 is 1.00 bits per heavy atom. The van der Waals surface area contributed by atoms with Crippen LogP contribution in [0.4, 0.5) is 5.69 Å². The molecular weight excluding hydrogens is 356 g/mol. The Balaban J connectivity index is 2.08. The van der Waals surface area contributed by atoms with Gasteiger partial charge in [-0.25, -0.2) is 0 Å². The second kappa shape index (κ2) is 9.17. The van der Waals surface area contributed by atoms with Crippen molar-refractivity contribution in [3.8, 4) is 5.75 Å². The van der Waals surface area contributed by atoms with Gasteiger partial charge in [-0.05, 0) is 64.4 Å². The molecule has 0 aliphatic carbocycles. The van der Waals surface area contributed by atoms with Crippen molar-refractivity contribution in [2.75, 3.05) is 5.32 Å². The highest BCUT2D eigenvalue weighted by molar-refractivity contribution is 5.99. The Morgan fingerprint density at radius 2 is 1.71 bits per heavy atom. The van der Waals surface area contributed by atoms with Crippen LogP contribution < -0.4 is 15.4 Å². The lowest BCUT2D eigenvalue weighted by molar-refractivity contribution is -0.122. The van der Waals surface area contributed by atoms with E-state index in [-0.39, 0.29) is 23.6 Å². The summed E-state index contributed by atoms with van der Waals surface area (Å²) >= 11 is 0. The minimum absolute atomic E-state index is 0.0179. The number of hydrogen-bond donors (Lipinski definition) is 2. The smallest absolute Gasteiger partial charge is 0.265 e. The van der Waals surface area contributed by atoms with E-state index in [1.807, 2.05) is 20.8 Å². The number of Topliss-reactive ketones (excluding diaryl/α,β-unsaturated/α-hetero) is 1. The molecule has 0 fully saturated rings. The molecule has 28 heavy (non-hydrogen) atoms. The molecule has 0 heterocycles. The van der Waals surface area contributed by atoms with E-state index in [0.717, 1.165) is 5.56 Å². The van der Waals surface area contributed by atoms with Gasteiger partial charge in [0.05, 0.1) is 0 Å². The molecule has 1 atom stereocenters. The fraction of sp³-hybridized carbons (Fsp3) is 0.318. The summed E-state index contributed by atoms with van der Waals surface area (Å²) < 4.78 is 5.65. The van der Waals surface area contributed by atoms with E-state index in [0.29, 0.717) is 22.6 Å². The van der Waals surface area contributed by atoms with E-state index < -0.39 is 6.10 Å². The quantitative estimate of drug-likeness (QED) is 0.715. The van der Waals surface area contributed by atoms with Gasteiger partial charge in [-0.15, -0.1) is 0 Å². The molecule has 2 aromatic carbocycles. The summed E-state index contributed by atoms with van der Waals surface area (Å²) in [5.41, 5.74) is 2.36. The van der Waals surface area contributed by atoms with Crippen molar-refractivity contribution >= 4 is 23.3 Å². The summed E-state index contributed by atoms with van der Waals surface area (Å²) in [7, 11) is 0. The monoisotopic (exact) mass is 382 g/mol. The van der Waals surface area contributed by atoms with Gasteiger partial charge < -0.3 is 15.4 Å². The molecule has 6 nitrogen and oxygen atoms in total. The first-order valence-electron chi connectivity index (χ1n) is 9.17. The topological polar surface area (TPSA) is 84.5 Å². The van der Waals surface area contributed by atoms with Crippen LogP contribution in [0.5, 0.6) is 5.75 Å². The summed E-state index contributed by atoms with van der Waals surface area (Å²) in [5, 5.41) is 5.61. The third kappa shape index (κ3) is 5.67. The zero-order valence-electron chi connectivity index (χ0n) is 16.8. The fourth-order valence-corrected chi connectivity index (χ4v) is 2.57. The van der Waals surface area contributed by atoms with Crippen LogP contribution in [0, 0.1) is 6.92 Å². The average molecular weight is 382 g/mol. The van der Waals surface area contributed by atoms with Crippen LogP contribution in [0.1, 0.15) is 54.0 Å². The Bertz CT molecular complexity index is 890. The van der Waals surface area contributed by atoms with E-state index in [9.17, 15) is 14.4 Å². The minimum Gasteiger partial charge on any atom is -0.481 e. The van der Waals surface area contributed by atoms with Crippen LogP contribution in [0.3, 0.4) is 0 Å². The number of anilines is 1. The Kier molecular flexibility index (Phi) is 6.93. The number of carbonyl (C=O) groups is 3. The first-order chi connectivity index (χ1) is 13.2. The van der Waals surface area contributed by atoms with Gasteiger partial charge in [0.25, 0.3) is 11.8 Å². The van der Waals surface area contributed by atoms with Gasteiger partial charge in [-0.2, -0.15) is 0 Å². The lowest BCUT2D eigenvalue weighted by Crippen LogP contribution is -2.31. The number of nitrogens with one attached hydrogen (secondary N) is 2. The third-order valence-electron chi connectivity index (χ3n) is 4.09. The lowest BCUT2D eigenvalue weighted by Gasteiger charge is -2.16. The SMILES string of the molecule is CC(=O)c1cccc(OC(C)C(=O)Nc2ccc(C)c(C(=O)NC(C)C)c2)c1. The number of amides is 2. The predicted molar refractivity (Wildman–Crippen MR) is 109 cm³/mol. The van der Waals surface area contributed by atoms with Crippen molar-refractivity contribution in [3.05, 3.63) is 59.2 Å². The van der Waals surface area contributed by atoms with Gasteiger partial charge in [0, 0.05) is 22.9 Å². The van der Waals surface area contributed by atoms with Crippen molar-refractivity contribution in [3.63, 3.8) is 0 Å². The van der Waals surface area contributed by atoms with Gasteiger partial charge in [0.1, 0.15) is 5.75 Å². The van der Waals surface area contributed by atoms with Gasteiger partial charge >= 0.3 is 0 Å². The van der Waals surface area contributed by atoms with Crippen LogP contribution >= 0.6 is 0 Å². The molecule has 2 rings (SSSR count). The number of benzene rings is 2. The molecule has 0 aliphatic rings. The molecule has 0 spiro atoms. The molecule has 148 valence electrons. The van der Waals surface area contributed by atoms with Crippen LogP contribution in [0.15, 0.2) is 42.5 Å². The second-order valence-corrected chi connectivity index (χ2v) is 6.99. The van der Waals surface area contributed by atoms with Crippen molar-refractivity contribution in [1.82, 2.24) is 5.32 Å². The number of carbonyl (C=O) groups excluding carboxylic acids is 3.